The van der Waals surface area contributed by atoms with Gasteiger partial charge in [-0.25, -0.2) is 14.8 Å². The molecule has 2 aromatic heterocycles. The Morgan fingerprint density at radius 3 is 2.70 bits per heavy atom. The summed E-state index contributed by atoms with van der Waals surface area (Å²) in [6.07, 6.45) is 4.81. The zero-order chi connectivity index (χ0) is 21.7. The van der Waals surface area contributed by atoms with Crippen LogP contribution in [0.3, 0.4) is 0 Å². The monoisotopic (exact) mass is 421 g/mol. The van der Waals surface area contributed by atoms with E-state index in [0.717, 1.165) is 26.5 Å². The lowest BCUT2D eigenvalue weighted by Crippen LogP contribution is -2.34. The van der Waals surface area contributed by atoms with Crippen LogP contribution in [-0.4, -0.2) is 35.8 Å². The maximum Gasteiger partial charge on any atom is 0.415 e. The number of fused-ring (bicyclic) bond motifs is 1. The van der Waals surface area contributed by atoms with Crippen LogP contribution in [0.1, 0.15) is 31.3 Å². The molecule has 0 saturated carbocycles. The number of allylic oxidation sites excluding steroid dienone is 1. The number of hydrogen-bond acceptors (Lipinski definition) is 6. The third kappa shape index (κ3) is 5.58. The summed E-state index contributed by atoms with van der Waals surface area (Å²) in [5, 5.41) is 0.875. The number of benzene rings is 1. The van der Waals surface area contributed by atoms with Crippen molar-refractivity contribution in [2.75, 3.05) is 19.1 Å². The Labute approximate surface area is 180 Å². The van der Waals surface area contributed by atoms with E-state index in [1.165, 1.54) is 4.90 Å². The van der Waals surface area contributed by atoms with E-state index in [0.29, 0.717) is 5.82 Å². The molecule has 6 nitrogen and oxygen atoms in total. The van der Waals surface area contributed by atoms with Crippen molar-refractivity contribution in [3.05, 3.63) is 53.2 Å². The second kappa shape index (κ2) is 8.97. The summed E-state index contributed by atoms with van der Waals surface area (Å²) in [7, 11) is 3.27. The van der Waals surface area contributed by atoms with Crippen LogP contribution in [0.25, 0.3) is 16.3 Å². The van der Waals surface area contributed by atoms with E-state index in [2.05, 4.69) is 21.8 Å². The Kier molecular flexibility index (Phi) is 6.38. The van der Waals surface area contributed by atoms with Crippen molar-refractivity contribution >= 4 is 39.5 Å². The Hall–Kier alpha value is -3.37. The number of hydrogen-bond donors (Lipinski definition) is 0. The molecule has 0 aliphatic rings. The standard InChI is InChI=1S/C23H23N3O3S/c1-23(2,3)29-22(27)26(4)20-13-10-16(15-24-20)8-6-7-9-21-25-18-12-11-17(28-5)14-19(18)30-21/h7,9-15H,1-5H3. The molecule has 30 heavy (non-hydrogen) atoms. The average molecular weight is 422 g/mol. The van der Waals surface area contributed by atoms with E-state index in [9.17, 15) is 4.79 Å². The predicted molar refractivity (Wildman–Crippen MR) is 121 cm³/mol. The molecule has 0 saturated heterocycles. The van der Waals surface area contributed by atoms with E-state index in [-0.39, 0.29) is 0 Å². The average Bonchev–Trinajstić information content (AvgIpc) is 3.11. The Bertz CT molecular complexity index is 1130. The molecule has 1 amide bonds. The van der Waals surface area contributed by atoms with Crippen molar-refractivity contribution in [1.29, 1.82) is 0 Å². The fourth-order valence-corrected chi connectivity index (χ4v) is 3.34. The zero-order valence-electron chi connectivity index (χ0n) is 17.6. The number of pyridine rings is 1. The summed E-state index contributed by atoms with van der Waals surface area (Å²) in [5.74, 6) is 7.32. The molecule has 0 fully saturated rings. The smallest absolute Gasteiger partial charge is 0.415 e. The summed E-state index contributed by atoms with van der Waals surface area (Å²) in [6, 6.07) is 9.35. The molecule has 3 rings (SSSR count). The largest absolute Gasteiger partial charge is 0.497 e. The maximum absolute atomic E-state index is 12.1. The molecule has 154 valence electrons. The van der Waals surface area contributed by atoms with Crippen LogP contribution in [0.2, 0.25) is 0 Å². The first-order chi connectivity index (χ1) is 14.2. The van der Waals surface area contributed by atoms with Crippen molar-refractivity contribution in [2.24, 2.45) is 0 Å². The molecule has 0 radical (unpaired) electrons. The molecule has 2 heterocycles. The number of nitrogens with zero attached hydrogens (tertiary/aromatic N) is 3. The van der Waals surface area contributed by atoms with Crippen molar-refractivity contribution in [3.63, 3.8) is 0 Å². The minimum absolute atomic E-state index is 0.453. The van der Waals surface area contributed by atoms with Crippen LogP contribution in [0.15, 0.2) is 42.6 Å². The first-order valence-corrected chi connectivity index (χ1v) is 10.1. The molecule has 0 aliphatic carbocycles. The number of aromatic nitrogens is 2. The number of carbonyl (C=O) groups excluding carboxylic acids is 1. The Balaban J connectivity index is 1.64. The number of methoxy groups -OCH3 is 1. The molecule has 0 atom stereocenters. The molecule has 0 N–H and O–H groups in total. The minimum Gasteiger partial charge on any atom is -0.497 e. The molecule has 0 unspecified atom stereocenters. The molecular weight excluding hydrogens is 398 g/mol. The number of anilines is 1. The lowest BCUT2D eigenvalue weighted by atomic mass is 10.2. The summed E-state index contributed by atoms with van der Waals surface area (Å²) < 4.78 is 11.6. The molecule has 0 aliphatic heterocycles. The van der Waals surface area contributed by atoms with Gasteiger partial charge in [0, 0.05) is 18.8 Å². The summed E-state index contributed by atoms with van der Waals surface area (Å²) >= 11 is 1.58. The molecule has 0 spiro atoms. The number of thiazole rings is 1. The molecule has 0 bridgehead atoms. The molecular formula is C23H23N3O3S. The van der Waals surface area contributed by atoms with Gasteiger partial charge in [-0.15, -0.1) is 11.3 Å². The van der Waals surface area contributed by atoms with Crippen molar-refractivity contribution in [3.8, 4) is 17.6 Å². The second-order valence-corrected chi connectivity index (χ2v) is 8.50. The van der Waals surface area contributed by atoms with Gasteiger partial charge in [0.1, 0.15) is 22.2 Å². The number of rotatable bonds is 3. The van der Waals surface area contributed by atoms with Crippen molar-refractivity contribution in [1.82, 2.24) is 9.97 Å². The fourth-order valence-electron chi connectivity index (χ4n) is 2.44. The van der Waals surface area contributed by atoms with Gasteiger partial charge in [0.05, 0.1) is 17.3 Å². The van der Waals surface area contributed by atoms with Crippen molar-refractivity contribution in [2.45, 2.75) is 26.4 Å². The van der Waals surface area contributed by atoms with E-state index in [1.807, 2.05) is 51.1 Å². The highest BCUT2D eigenvalue weighted by Gasteiger charge is 2.21. The molecule has 7 heteroatoms. The van der Waals surface area contributed by atoms with E-state index >= 15 is 0 Å². The third-order valence-corrected chi connectivity index (χ3v) is 4.88. The Morgan fingerprint density at radius 1 is 1.23 bits per heavy atom. The zero-order valence-corrected chi connectivity index (χ0v) is 18.4. The van der Waals surface area contributed by atoms with Gasteiger partial charge in [0.15, 0.2) is 0 Å². The highest BCUT2D eigenvalue weighted by molar-refractivity contribution is 7.19. The van der Waals surface area contributed by atoms with Gasteiger partial charge in [-0.1, -0.05) is 11.8 Å². The lowest BCUT2D eigenvalue weighted by molar-refractivity contribution is 0.0588. The van der Waals surface area contributed by atoms with Crippen LogP contribution in [0.5, 0.6) is 5.75 Å². The van der Waals surface area contributed by atoms with Gasteiger partial charge in [0.25, 0.3) is 0 Å². The predicted octanol–water partition coefficient (Wildman–Crippen LogP) is 5.14. The van der Waals surface area contributed by atoms with Crippen LogP contribution < -0.4 is 9.64 Å². The first-order valence-electron chi connectivity index (χ1n) is 9.30. The Morgan fingerprint density at radius 2 is 2.03 bits per heavy atom. The first kappa shape index (κ1) is 21.3. The van der Waals surface area contributed by atoms with E-state index < -0.39 is 11.7 Å². The second-order valence-electron chi connectivity index (χ2n) is 7.43. The van der Waals surface area contributed by atoms with Crippen LogP contribution in [0.4, 0.5) is 10.6 Å². The van der Waals surface area contributed by atoms with Gasteiger partial charge in [-0.3, -0.25) is 4.90 Å². The SMILES string of the molecule is COc1ccc2nc(C=CC#Cc3ccc(N(C)C(=O)OC(C)(C)C)nc3)sc2c1. The van der Waals surface area contributed by atoms with Gasteiger partial charge < -0.3 is 9.47 Å². The van der Waals surface area contributed by atoms with Gasteiger partial charge in [0.2, 0.25) is 0 Å². The normalized spacial score (nSPS) is 11.2. The molecule has 3 aromatic rings. The van der Waals surface area contributed by atoms with Crippen LogP contribution >= 0.6 is 11.3 Å². The number of amides is 1. The lowest BCUT2D eigenvalue weighted by Gasteiger charge is -2.24. The summed E-state index contributed by atoms with van der Waals surface area (Å²) in [6.45, 7) is 5.47. The topological polar surface area (TPSA) is 64.5 Å². The fraction of sp³-hybridized carbons (Fsp3) is 0.261. The van der Waals surface area contributed by atoms with E-state index in [1.54, 1.807) is 43.8 Å². The van der Waals surface area contributed by atoms with Crippen LogP contribution in [0, 0.1) is 11.8 Å². The highest BCUT2D eigenvalue weighted by atomic mass is 32.1. The maximum atomic E-state index is 12.1. The van der Waals surface area contributed by atoms with Gasteiger partial charge in [-0.05, 0) is 63.3 Å². The number of carbonyl (C=O) groups is 1. The van der Waals surface area contributed by atoms with Crippen LogP contribution in [-0.2, 0) is 4.74 Å². The van der Waals surface area contributed by atoms with Gasteiger partial charge >= 0.3 is 6.09 Å². The molecule has 1 aromatic carbocycles. The third-order valence-electron chi connectivity index (χ3n) is 3.90. The quantitative estimate of drug-likeness (QED) is 0.548. The number of ether oxygens (including phenoxy) is 2. The van der Waals surface area contributed by atoms with Crippen molar-refractivity contribution < 1.29 is 14.3 Å². The summed E-state index contributed by atoms with van der Waals surface area (Å²) in [4.78, 5) is 22.3. The minimum atomic E-state index is -0.557. The highest BCUT2D eigenvalue weighted by Crippen LogP contribution is 2.26. The van der Waals surface area contributed by atoms with Gasteiger partial charge in [-0.2, -0.15) is 0 Å². The summed E-state index contributed by atoms with van der Waals surface area (Å²) in [5.41, 5.74) is 1.12. The van der Waals surface area contributed by atoms with E-state index in [4.69, 9.17) is 9.47 Å².